The average molecular weight is 416 g/mol. The first-order chi connectivity index (χ1) is 15.8. The summed E-state index contributed by atoms with van der Waals surface area (Å²) in [5.41, 5.74) is 4.69. The summed E-state index contributed by atoms with van der Waals surface area (Å²) in [5, 5.41) is 6.84. The first-order valence-electron chi connectivity index (χ1n) is 10.4. The molecule has 0 aliphatic carbocycles. The van der Waals surface area contributed by atoms with Crippen LogP contribution < -0.4 is 10.6 Å². The van der Waals surface area contributed by atoms with Crippen molar-refractivity contribution in [2.24, 2.45) is 0 Å². The van der Waals surface area contributed by atoms with Gasteiger partial charge in [-0.15, -0.1) is 0 Å². The van der Waals surface area contributed by atoms with E-state index in [-0.39, 0.29) is 0 Å². The lowest BCUT2D eigenvalue weighted by Gasteiger charge is -2.14. The third kappa shape index (κ3) is 4.47. The Kier molecular flexibility index (Phi) is 5.53. The molecular weight excluding hydrogens is 394 g/mol. The summed E-state index contributed by atoms with van der Waals surface area (Å²) in [5.74, 6) is 1.73. The summed E-state index contributed by atoms with van der Waals surface area (Å²) in [6, 6.07) is 37.9. The molecule has 32 heavy (non-hydrogen) atoms. The molecule has 5 aromatic rings. The normalized spacial score (nSPS) is 10.5. The summed E-state index contributed by atoms with van der Waals surface area (Å²) >= 11 is 0. The van der Waals surface area contributed by atoms with Gasteiger partial charge in [0.1, 0.15) is 0 Å². The topological polar surface area (TPSA) is 62.7 Å². The predicted octanol–water partition coefficient (Wildman–Crippen LogP) is 6.69. The third-order valence-corrected chi connectivity index (χ3v) is 4.93. The molecule has 154 valence electrons. The molecule has 0 aliphatic rings. The molecule has 2 N–H and O–H groups in total. The Hall–Kier alpha value is -4.51. The molecule has 0 aliphatic heterocycles. The van der Waals surface area contributed by atoms with Crippen LogP contribution in [0, 0.1) is 0 Å². The smallest absolute Gasteiger partial charge is 0.231 e. The van der Waals surface area contributed by atoms with Gasteiger partial charge in [0.05, 0.1) is 11.4 Å². The maximum atomic E-state index is 4.73. The highest BCUT2D eigenvalue weighted by atomic mass is 15.2. The van der Waals surface area contributed by atoms with E-state index >= 15 is 0 Å². The molecule has 0 bridgehead atoms. The van der Waals surface area contributed by atoms with E-state index in [1.807, 2.05) is 115 Å². The van der Waals surface area contributed by atoms with E-state index in [0.29, 0.717) is 17.6 Å². The van der Waals surface area contributed by atoms with Crippen LogP contribution in [0.4, 0.5) is 23.0 Å². The summed E-state index contributed by atoms with van der Waals surface area (Å²) in [6.45, 7) is 0. The van der Waals surface area contributed by atoms with E-state index < -0.39 is 0 Å². The lowest BCUT2D eigenvalue weighted by molar-refractivity contribution is 1.07. The summed E-state index contributed by atoms with van der Waals surface area (Å²) < 4.78 is 0. The van der Waals surface area contributed by atoms with Crippen molar-refractivity contribution >= 4 is 23.0 Å². The zero-order valence-corrected chi connectivity index (χ0v) is 17.3. The lowest BCUT2D eigenvalue weighted by atomic mass is 10.2. The summed E-state index contributed by atoms with van der Waals surface area (Å²) in [6.07, 6.45) is 0. The van der Waals surface area contributed by atoms with E-state index in [2.05, 4.69) is 10.6 Å². The Morgan fingerprint density at radius 2 is 0.844 bits per heavy atom. The Labute approximate surface area is 186 Å². The highest BCUT2D eigenvalue weighted by Gasteiger charge is 2.12. The average Bonchev–Trinajstić information content (AvgIpc) is 2.87. The molecule has 1 aromatic heterocycles. The zero-order chi connectivity index (χ0) is 21.6. The summed E-state index contributed by atoms with van der Waals surface area (Å²) in [7, 11) is 0. The Bertz CT molecular complexity index is 1250. The van der Waals surface area contributed by atoms with Gasteiger partial charge in [0.2, 0.25) is 5.95 Å². The van der Waals surface area contributed by atoms with Gasteiger partial charge >= 0.3 is 0 Å². The maximum Gasteiger partial charge on any atom is 0.231 e. The van der Waals surface area contributed by atoms with Crippen molar-refractivity contribution in [3.05, 3.63) is 115 Å². The van der Waals surface area contributed by atoms with Gasteiger partial charge in [-0.2, -0.15) is 9.97 Å². The van der Waals surface area contributed by atoms with Crippen molar-refractivity contribution in [2.45, 2.75) is 0 Å². The second kappa shape index (κ2) is 9.10. The minimum atomic E-state index is 0.486. The fourth-order valence-electron chi connectivity index (χ4n) is 3.36. The molecule has 1 heterocycles. The van der Waals surface area contributed by atoms with Crippen LogP contribution in [0.25, 0.3) is 22.8 Å². The van der Waals surface area contributed by atoms with E-state index in [4.69, 9.17) is 15.0 Å². The number of aromatic nitrogens is 3. The molecule has 4 aromatic carbocycles. The van der Waals surface area contributed by atoms with Gasteiger partial charge in [0, 0.05) is 16.8 Å². The van der Waals surface area contributed by atoms with Gasteiger partial charge in [0.25, 0.3) is 0 Å². The summed E-state index contributed by atoms with van der Waals surface area (Å²) in [4.78, 5) is 14.2. The molecule has 0 spiro atoms. The number of rotatable bonds is 6. The van der Waals surface area contributed by atoms with Crippen LogP contribution in [0.1, 0.15) is 0 Å². The van der Waals surface area contributed by atoms with Gasteiger partial charge in [-0.3, -0.25) is 0 Å². The zero-order valence-electron chi connectivity index (χ0n) is 17.3. The molecule has 0 saturated heterocycles. The number of benzene rings is 4. The van der Waals surface area contributed by atoms with Crippen molar-refractivity contribution in [2.75, 3.05) is 10.6 Å². The molecule has 5 rings (SSSR count). The molecule has 0 amide bonds. The molecule has 5 nitrogen and oxygen atoms in total. The van der Waals surface area contributed by atoms with Gasteiger partial charge in [-0.25, -0.2) is 4.98 Å². The monoisotopic (exact) mass is 415 g/mol. The second-order valence-corrected chi connectivity index (χ2v) is 7.20. The van der Waals surface area contributed by atoms with Crippen molar-refractivity contribution in [3.63, 3.8) is 0 Å². The predicted molar refractivity (Wildman–Crippen MR) is 130 cm³/mol. The molecular formula is C27H21N5. The third-order valence-electron chi connectivity index (χ3n) is 4.93. The van der Waals surface area contributed by atoms with Gasteiger partial charge in [0.15, 0.2) is 11.6 Å². The first kappa shape index (κ1) is 19.5. The number of anilines is 4. The van der Waals surface area contributed by atoms with Crippen LogP contribution in [0.2, 0.25) is 0 Å². The first-order valence-corrected chi connectivity index (χ1v) is 10.4. The number of nitrogens with zero attached hydrogens (tertiary/aromatic N) is 3. The van der Waals surface area contributed by atoms with Crippen LogP contribution in [-0.4, -0.2) is 15.0 Å². The van der Waals surface area contributed by atoms with Crippen LogP contribution in [0.5, 0.6) is 0 Å². The standard InChI is InChI=1S/C27H21N5/c1-4-12-20(13-5-1)25-30-26(21-14-6-2-7-15-21)32-27(31-25)29-24-19-11-10-18-23(24)28-22-16-8-3-9-17-22/h1-19,28H,(H,29,30,31,32). The lowest BCUT2D eigenvalue weighted by Crippen LogP contribution is -2.04. The number of hydrogen-bond donors (Lipinski definition) is 2. The highest BCUT2D eigenvalue weighted by molar-refractivity contribution is 5.77. The molecule has 0 fully saturated rings. The van der Waals surface area contributed by atoms with E-state index in [9.17, 15) is 0 Å². The largest absolute Gasteiger partial charge is 0.354 e. The van der Waals surface area contributed by atoms with Crippen molar-refractivity contribution in [1.82, 2.24) is 15.0 Å². The number of nitrogens with one attached hydrogen (secondary N) is 2. The maximum absolute atomic E-state index is 4.73. The van der Waals surface area contributed by atoms with E-state index in [0.717, 1.165) is 28.2 Å². The van der Waals surface area contributed by atoms with E-state index in [1.165, 1.54) is 0 Å². The van der Waals surface area contributed by atoms with Crippen molar-refractivity contribution in [1.29, 1.82) is 0 Å². The molecule has 5 heteroatoms. The van der Waals surface area contributed by atoms with Crippen LogP contribution in [0.3, 0.4) is 0 Å². The van der Waals surface area contributed by atoms with Crippen LogP contribution in [0.15, 0.2) is 115 Å². The fraction of sp³-hybridized carbons (Fsp3) is 0. The highest BCUT2D eigenvalue weighted by Crippen LogP contribution is 2.29. The quantitative estimate of drug-likeness (QED) is 0.323. The molecule has 0 unspecified atom stereocenters. The fourth-order valence-corrected chi connectivity index (χ4v) is 3.36. The van der Waals surface area contributed by atoms with Crippen LogP contribution in [-0.2, 0) is 0 Å². The SMILES string of the molecule is c1ccc(Nc2ccccc2Nc2nc(-c3ccccc3)nc(-c3ccccc3)n2)cc1. The Morgan fingerprint density at radius 1 is 0.406 bits per heavy atom. The number of hydrogen-bond acceptors (Lipinski definition) is 5. The minimum absolute atomic E-state index is 0.486. The van der Waals surface area contributed by atoms with Crippen LogP contribution >= 0.6 is 0 Å². The van der Waals surface area contributed by atoms with Gasteiger partial charge < -0.3 is 10.6 Å². The second-order valence-electron chi connectivity index (χ2n) is 7.20. The number of para-hydroxylation sites is 3. The molecule has 0 atom stereocenters. The Balaban J connectivity index is 1.54. The Morgan fingerprint density at radius 3 is 1.38 bits per heavy atom. The van der Waals surface area contributed by atoms with Crippen molar-refractivity contribution < 1.29 is 0 Å². The van der Waals surface area contributed by atoms with Gasteiger partial charge in [-0.1, -0.05) is 91.0 Å². The van der Waals surface area contributed by atoms with Crippen molar-refractivity contribution in [3.8, 4) is 22.8 Å². The molecule has 0 saturated carbocycles. The van der Waals surface area contributed by atoms with Gasteiger partial charge in [-0.05, 0) is 24.3 Å². The van der Waals surface area contributed by atoms with E-state index in [1.54, 1.807) is 0 Å². The minimum Gasteiger partial charge on any atom is -0.354 e. The molecule has 0 radical (unpaired) electrons.